The van der Waals surface area contributed by atoms with Crippen molar-refractivity contribution in [2.45, 2.75) is 19.9 Å². The molecule has 0 aliphatic heterocycles. The maximum absolute atomic E-state index is 12.7. The maximum Gasteiger partial charge on any atom is 0.338 e. The highest BCUT2D eigenvalue weighted by Gasteiger charge is 2.20. The summed E-state index contributed by atoms with van der Waals surface area (Å²) in [5.74, 6) is 0.410. The molecule has 0 spiro atoms. The quantitative estimate of drug-likeness (QED) is 0.350. The molecule has 10 heteroatoms. The van der Waals surface area contributed by atoms with E-state index in [1.165, 1.54) is 22.6 Å². The van der Waals surface area contributed by atoms with Crippen molar-refractivity contribution in [3.05, 3.63) is 65.8 Å². The minimum atomic E-state index is -0.586. The zero-order valence-corrected chi connectivity index (χ0v) is 18.1. The van der Waals surface area contributed by atoms with Gasteiger partial charge in [0.15, 0.2) is 18.8 Å². The molecular weight excluding hydrogens is 432 g/mol. The Morgan fingerprint density at radius 1 is 1.16 bits per heavy atom. The average molecular weight is 452 g/mol. The van der Waals surface area contributed by atoms with Crippen molar-refractivity contribution in [3.8, 4) is 22.1 Å². The molecule has 0 radical (unpaired) electrons. The van der Waals surface area contributed by atoms with Crippen LogP contribution in [0, 0.1) is 0 Å². The molecule has 0 bridgehead atoms. The molecule has 1 amide bonds. The van der Waals surface area contributed by atoms with E-state index in [0.717, 1.165) is 16.9 Å². The lowest BCUT2D eigenvalue weighted by molar-refractivity contribution is -0.135. The van der Waals surface area contributed by atoms with Gasteiger partial charge in [0.25, 0.3) is 11.8 Å². The molecule has 4 rings (SSSR count). The van der Waals surface area contributed by atoms with Gasteiger partial charge in [0.1, 0.15) is 0 Å². The number of benzene rings is 1. The molecule has 0 saturated carbocycles. The molecule has 0 fully saturated rings. The van der Waals surface area contributed by atoms with E-state index in [-0.39, 0.29) is 19.1 Å². The average Bonchev–Trinajstić information content (AvgIpc) is 3.59. The number of hydrogen-bond acceptors (Lipinski definition) is 9. The topological polar surface area (TPSA) is 112 Å². The van der Waals surface area contributed by atoms with Gasteiger partial charge in [-0.1, -0.05) is 25.1 Å². The predicted molar refractivity (Wildman–Crippen MR) is 116 cm³/mol. The Labute approximate surface area is 187 Å². The minimum absolute atomic E-state index is 0.147. The standard InChI is InChI=1S/C22H20N4O5S/c1-2-9-26(12-19-24-25-21(31-19)18-4-3-10-32-18)20(27)13-29-22(28)16-7-5-15(6-8-16)17-11-23-14-30-17/h3-8,10-11,14H,2,9,12-13H2,1H3. The first-order chi connectivity index (χ1) is 15.6. The number of amides is 1. The molecule has 164 valence electrons. The molecule has 3 heterocycles. The highest BCUT2D eigenvalue weighted by molar-refractivity contribution is 7.13. The van der Waals surface area contributed by atoms with Gasteiger partial charge in [0.05, 0.1) is 23.2 Å². The van der Waals surface area contributed by atoms with Gasteiger partial charge < -0.3 is 18.5 Å². The largest absolute Gasteiger partial charge is 0.452 e. The first-order valence-corrected chi connectivity index (χ1v) is 10.8. The van der Waals surface area contributed by atoms with E-state index in [1.54, 1.807) is 30.5 Å². The van der Waals surface area contributed by atoms with Crippen LogP contribution in [-0.2, 0) is 16.1 Å². The van der Waals surface area contributed by atoms with E-state index in [0.29, 0.717) is 29.6 Å². The SMILES string of the molecule is CCCN(Cc1nnc(-c2cccs2)o1)C(=O)COC(=O)c1ccc(-c2cnco2)cc1. The van der Waals surface area contributed by atoms with Crippen molar-refractivity contribution in [2.24, 2.45) is 0 Å². The number of hydrogen-bond donors (Lipinski definition) is 0. The number of carbonyl (C=O) groups excluding carboxylic acids is 2. The molecule has 1 aromatic carbocycles. The second kappa shape index (κ2) is 10.0. The van der Waals surface area contributed by atoms with Crippen LogP contribution in [0.15, 0.2) is 63.2 Å². The van der Waals surface area contributed by atoms with Crippen LogP contribution in [0.25, 0.3) is 22.1 Å². The second-order valence-electron chi connectivity index (χ2n) is 6.81. The van der Waals surface area contributed by atoms with Crippen molar-refractivity contribution in [2.75, 3.05) is 13.2 Å². The number of esters is 1. The second-order valence-corrected chi connectivity index (χ2v) is 7.76. The lowest BCUT2D eigenvalue weighted by Gasteiger charge is -2.20. The van der Waals surface area contributed by atoms with Gasteiger partial charge in [-0.2, -0.15) is 0 Å². The number of carbonyl (C=O) groups is 2. The highest BCUT2D eigenvalue weighted by Crippen LogP contribution is 2.23. The fraction of sp³-hybridized carbons (Fsp3) is 0.227. The Morgan fingerprint density at radius 2 is 2.00 bits per heavy atom. The Hall–Kier alpha value is -3.79. The molecule has 0 saturated heterocycles. The summed E-state index contributed by atoms with van der Waals surface area (Å²) >= 11 is 1.49. The monoisotopic (exact) mass is 452 g/mol. The summed E-state index contributed by atoms with van der Waals surface area (Å²) < 4.78 is 16.1. The molecule has 0 unspecified atom stereocenters. The van der Waals surface area contributed by atoms with Gasteiger partial charge in [0, 0.05) is 12.1 Å². The smallest absolute Gasteiger partial charge is 0.338 e. The normalized spacial score (nSPS) is 10.8. The van der Waals surface area contributed by atoms with Crippen LogP contribution in [0.4, 0.5) is 0 Å². The van der Waals surface area contributed by atoms with Gasteiger partial charge >= 0.3 is 5.97 Å². The van der Waals surface area contributed by atoms with Crippen molar-refractivity contribution >= 4 is 23.2 Å². The summed E-state index contributed by atoms with van der Waals surface area (Å²) in [5.41, 5.74) is 1.12. The Kier molecular flexibility index (Phi) is 6.71. The lowest BCUT2D eigenvalue weighted by Crippen LogP contribution is -2.35. The van der Waals surface area contributed by atoms with Gasteiger partial charge in [-0.25, -0.2) is 9.78 Å². The lowest BCUT2D eigenvalue weighted by atomic mass is 10.1. The van der Waals surface area contributed by atoms with Crippen LogP contribution in [0.2, 0.25) is 0 Å². The molecule has 0 aliphatic rings. The third kappa shape index (κ3) is 5.09. The van der Waals surface area contributed by atoms with Crippen LogP contribution in [0.5, 0.6) is 0 Å². The van der Waals surface area contributed by atoms with Gasteiger partial charge in [-0.05, 0) is 30.0 Å². The number of thiophene rings is 1. The summed E-state index contributed by atoms with van der Waals surface area (Å²) in [6.45, 7) is 2.19. The molecule has 0 aliphatic carbocycles. The van der Waals surface area contributed by atoms with E-state index in [9.17, 15) is 9.59 Å². The summed E-state index contributed by atoms with van der Waals surface area (Å²) in [6, 6.07) is 10.4. The van der Waals surface area contributed by atoms with Gasteiger partial charge in [0.2, 0.25) is 5.89 Å². The van der Waals surface area contributed by atoms with E-state index in [2.05, 4.69) is 15.2 Å². The fourth-order valence-corrected chi connectivity index (χ4v) is 3.62. The van der Waals surface area contributed by atoms with Gasteiger partial charge in [-0.3, -0.25) is 4.79 Å². The number of oxazole rings is 1. The van der Waals surface area contributed by atoms with Crippen LogP contribution in [0.3, 0.4) is 0 Å². The third-order valence-corrected chi connectivity index (χ3v) is 5.39. The van der Waals surface area contributed by atoms with E-state index >= 15 is 0 Å². The molecule has 4 aromatic rings. The third-order valence-electron chi connectivity index (χ3n) is 4.54. The number of ether oxygens (including phenoxy) is 1. The van der Waals surface area contributed by atoms with Crippen molar-refractivity contribution in [1.82, 2.24) is 20.1 Å². The fourth-order valence-electron chi connectivity index (χ4n) is 2.97. The van der Waals surface area contributed by atoms with E-state index in [1.807, 2.05) is 24.4 Å². The van der Waals surface area contributed by atoms with Crippen LogP contribution in [0.1, 0.15) is 29.6 Å². The first kappa shape index (κ1) is 21.4. The van der Waals surface area contributed by atoms with Crippen molar-refractivity contribution in [1.29, 1.82) is 0 Å². The summed E-state index contributed by atoms with van der Waals surface area (Å²) in [4.78, 5) is 31.3. The maximum atomic E-state index is 12.7. The van der Waals surface area contributed by atoms with Crippen LogP contribution >= 0.6 is 11.3 Å². The summed E-state index contributed by atoms with van der Waals surface area (Å²) in [5, 5.41) is 9.97. The zero-order chi connectivity index (χ0) is 22.3. The molecule has 32 heavy (non-hydrogen) atoms. The molecule has 9 nitrogen and oxygen atoms in total. The van der Waals surface area contributed by atoms with Crippen LogP contribution < -0.4 is 0 Å². The molecule has 3 aromatic heterocycles. The van der Waals surface area contributed by atoms with E-state index < -0.39 is 5.97 Å². The van der Waals surface area contributed by atoms with Crippen molar-refractivity contribution < 1.29 is 23.2 Å². The Morgan fingerprint density at radius 3 is 2.69 bits per heavy atom. The number of aromatic nitrogens is 3. The molecular formula is C22H20N4O5S. The van der Waals surface area contributed by atoms with E-state index in [4.69, 9.17) is 13.6 Å². The predicted octanol–water partition coefficient (Wildman–Crippen LogP) is 4.05. The Balaban J connectivity index is 1.34. The summed E-state index contributed by atoms with van der Waals surface area (Å²) in [6.07, 6.45) is 3.65. The van der Waals surface area contributed by atoms with Crippen LogP contribution in [-0.4, -0.2) is 45.1 Å². The number of rotatable bonds is 9. The molecule has 0 N–H and O–H groups in total. The highest BCUT2D eigenvalue weighted by atomic mass is 32.1. The minimum Gasteiger partial charge on any atom is -0.452 e. The zero-order valence-electron chi connectivity index (χ0n) is 17.3. The first-order valence-electron chi connectivity index (χ1n) is 9.94. The summed E-state index contributed by atoms with van der Waals surface area (Å²) in [7, 11) is 0. The van der Waals surface area contributed by atoms with Crippen molar-refractivity contribution in [3.63, 3.8) is 0 Å². The van der Waals surface area contributed by atoms with Gasteiger partial charge in [-0.15, -0.1) is 21.5 Å². The molecule has 0 atom stereocenters. The Bertz CT molecular complexity index is 1150. The number of nitrogens with zero attached hydrogens (tertiary/aromatic N) is 4.